The van der Waals surface area contributed by atoms with E-state index in [-0.39, 0.29) is 0 Å². The first-order chi connectivity index (χ1) is 11.8. The largest absolute Gasteiger partial charge is 0.369 e. The van der Waals surface area contributed by atoms with E-state index in [9.17, 15) is 8.42 Å². The summed E-state index contributed by atoms with van der Waals surface area (Å²) in [6, 6.07) is 10.6. The maximum atomic E-state index is 12.9. The van der Waals surface area contributed by atoms with Gasteiger partial charge in [0, 0.05) is 41.9 Å². The van der Waals surface area contributed by atoms with E-state index in [1.54, 1.807) is 25.1 Å². The lowest BCUT2D eigenvalue weighted by molar-refractivity contribution is 0.384. The third-order valence-electron chi connectivity index (χ3n) is 4.52. The molecule has 25 heavy (non-hydrogen) atoms. The zero-order valence-electron chi connectivity index (χ0n) is 14.2. The van der Waals surface area contributed by atoms with Crippen LogP contribution in [0.2, 0.25) is 10.0 Å². The van der Waals surface area contributed by atoms with Gasteiger partial charge in [-0.05, 0) is 55.3 Å². The maximum Gasteiger partial charge on any atom is 0.243 e. The van der Waals surface area contributed by atoms with Crippen molar-refractivity contribution in [1.82, 2.24) is 4.31 Å². The first-order valence-electron chi connectivity index (χ1n) is 8.06. The third-order valence-corrected chi connectivity index (χ3v) is 7.07. The average Bonchev–Trinajstić information content (AvgIpc) is 2.59. The maximum absolute atomic E-state index is 12.9. The van der Waals surface area contributed by atoms with E-state index >= 15 is 0 Å². The van der Waals surface area contributed by atoms with Crippen molar-refractivity contribution in [2.75, 3.05) is 31.1 Å². The lowest BCUT2D eigenvalue weighted by Crippen LogP contribution is -2.48. The Balaban J connectivity index is 1.77. The second-order valence-corrected chi connectivity index (χ2v) is 9.01. The summed E-state index contributed by atoms with van der Waals surface area (Å²) in [7, 11) is -3.50. The van der Waals surface area contributed by atoms with Gasteiger partial charge in [-0.2, -0.15) is 4.31 Å². The van der Waals surface area contributed by atoms with Gasteiger partial charge in [-0.25, -0.2) is 8.42 Å². The molecule has 134 valence electrons. The molecule has 4 nitrogen and oxygen atoms in total. The summed E-state index contributed by atoms with van der Waals surface area (Å²) in [5, 5.41) is 1.26. The molecule has 1 aliphatic rings. The van der Waals surface area contributed by atoms with Gasteiger partial charge >= 0.3 is 0 Å². The highest BCUT2D eigenvalue weighted by Crippen LogP contribution is 2.27. The van der Waals surface area contributed by atoms with Gasteiger partial charge in [-0.1, -0.05) is 29.3 Å². The molecule has 0 unspecified atom stereocenters. The summed E-state index contributed by atoms with van der Waals surface area (Å²) in [5.41, 5.74) is 2.96. The van der Waals surface area contributed by atoms with E-state index in [4.69, 9.17) is 23.2 Å². The molecule has 2 aromatic rings. The zero-order valence-corrected chi connectivity index (χ0v) is 16.5. The van der Waals surface area contributed by atoms with Crippen molar-refractivity contribution in [1.29, 1.82) is 0 Å². The van der Waals surface area contributed by atoms with Gasteiger partial charge in [-0.15, -0.1) is 0 Å². The summed E-state index contributed by atoms with van der Waals surface area (Å²) in [4.78, 5) is 2.47. The normalized spacial score (nSPS) is 16.2. The third kappa shape index (κ3) is 3.80. The molecule has 0 spiro atoms. The second kappa shape index (κ2) is 7.16. The first kappa shape index (κ1) is 18.5. The topological polar surface area (TPSA) is 40.6 Å². The minimum absolute atomic E-state index is 0.293. The highest BCUT2D eigenvalue weighted by Gasteiger charge is 2.29. The summed E-state index contributed by atoms with van der Waals surface area (Å²) in [6.45, 7) is 5.98. The van der Waals surface area contributed by atoms with Gasteiger partial charge in [0.25, 0.3) is 0 Å². The average molecular weight is 399 g/mol. The Kier molecular flexibility index (Phi) is 5.30. The molecule has 0 radical (unpaired) electrons. The first-order valence-corrected chi connectivity index (χ1v) is 10.3. The van der Waals surface area contributed by atoms with Crippen LogP contribution in [0.15, 0.2) is 41.3 Å². The molecule has 1 aliphatic heterocycles. The Labute approximate surface area is 159 Å². The zero-order chi connectivity index (χ0) is 18.2. The number of anilines is 1. The quantitative estimate of drug-likeness (QED) is 0.780. The van der Waals surface area contributed by atoms with Crippen LogP contribution in [0.3, 0.4) is 0 Å². The van der Waals surface area contributed by atoms with Gasteiger partial charge in [0.05, 0.1) is 4.90 Å². The highest BCUT2D eigenvalue weighted by molar-refractivity contribution is 7.89. The minimum Gasteiger partial charge on any atom is -0.369 e. The molecule has 7 heteroatoms. The molecule has 3 rings (SSSR count). The van der Waals surface area contributed by atoms with Gasteiger partial charge in [0.2, 0.25) is 10.0 Å². The van der Waals surface area contributed by atoms with E-state index < -0.39 is 10.0 Å². The van der Waals surface area contributed by atoms with Crippen molar-refractivity contribution in [2.24, 2.45) is 0 Å². The smallest absolute Gasteiger partial charge is 0.243 e. The molecule has 0 bridgehead atoms. The van der Waals surface area contributed by atoms with Crippen LogP contribution in [-0.2, 0) is 10.0 Å². The second-order valence-electron chi connectivity index (χ2n) is 6.23. The van der Waals surface area contributed by atoms with Crippen molar-refractivity contribution < 1.29 is 8.42 Å². The number of sulfonamides is 1. The molecule has 1 saturated heterocycles. The van der Waals surface area contributed by atoms with Gasteiger partial charge < -0.3 is 4.90 Å². The molecule has 0 atom stereocenters. The van der Waals surface area contributed by atoms with Crippen LogP contribution in [0, 0.1) is 13.8 Å². The van der Waals surface area contributed by atoms with Crippen LogP contribution in [0.25, 0.3) is 0 Å². The van der Waals surface area contributed by atoms with Gasteiger partial charge in [0.1, 0.15) is 0 Å². The standard InChI is InChI=1S/C18H20Cl2N2O2S/c1-13-3-4-15(19)12-18(13)21-7-9-22(10-8-21)25(23,24)16-5-6-17(20)14(2)11-16/h3-6,11-12H,7-10H2,1-2H3. The predicted molar refractivity (Wildman–Crippen MR) is 103 cm³/mol. The highest BCUT2D eigenvalue weighted by atomic mass is 35.5. The fraction of sp³-hybridized carbons (Fsp3) is 0.333. The number of benzene rings is 2. The number of hydrogen-bond acceptors (Lipinski definition) is 3. The van der Waals surface area contributed by atoms with Crippen molar-refractivity contribution >= 4 is 38.9 Å². The van der Waals surface area contributed by atoms with Crippen molar-refractivity contribution in [3.05, 3.63) is 57.6 Å². The lowest BCUT2D eigenvalue weighted by atomic mass is 10.1. The van der Waals surface area contributed by atoms with Gasteiger partial charge in [0.15, 0.2) is 0 Å². The molecule has 0 N–H and O–H groups in total. The predicted octanol–water partition coefficient (Wildman–Crippen LogP) is 4.12. The number of nitrogens with zero attached hydrogens (tertiary/aromatic N) is 2. The van der Waals surface area contributed by atoms with E-state index in [0.29, 0.717) is 41.1 Å². The molecular formula is C18H20Cl2N2O2S. The van der Waals surface area contributed by atoms with Crippen LogP contribution in [-0.4, -0.2) is 38.9 Å². The molecule has 0 aliphatic carbocycles. The number of halogens is 2. The summed E-state index contributed by atoms with van der Waals surface area (Å²) >= 11 is 12.1. The van der Waals surface area contributed by atoms with Crippen molar-refractivity contribution in [3.63, 3.8) is 0 Å². The number of aryl methyl sites for hydroxylation is 2. The SMILES string of the molecule is Cc1cc(S(=O)(=O)N2CCN(c3cc(Cl)ccc3C)CC2)ccc1Cl. The molecule has 1 fully saturated rings. The van der Waals surface area contributed by atoms with E-state index in [1.807, 2.05) is 25.1 Å². The summed E-state index contributed by atoms with van der Waals surface area (Å²) in [6.07, 6.45) is 0. The summed E-state index contributed by atoms with van der Waals surface area (Å²) < 4.78 is 27.3. The van der Waals surface area contributed by atoms with E-state index in [0.717, 1.165) is 16.8 Å². The lowest BCUT2D eigenvalue weighted by Gasteiger charge is -2.36. The fourth-order valence-corrected chi connectivity index (χ4v) is 4.81. The number of rotatable bonds is 3. The monoisotopic (exact) mass is 398 g/mol. The Morgan fingerprint density at radius 2 is 1.56 bits per heavy atom. The Bertz CT molecular complexity index is 892. The van der Waals surface area contributed by atoms with Crippen LogP contribution in [0.1, 0.15) is 11.1 Å². The van der Waals surface area contributed by atoms with Crippen LogP contribution >= 0.6 is 23.2 Å². The van der Waals surface area contributed by atoms with Crippen LogP contribution < -0.4 is 4.90 Å². The van der Waals surface area contributed by atoms with E-state index in [1.165, 1.54) is 4.31 Å². The summed E-state index contributed by atoms with van der Waals surface area (Å²) in [5.74, 6) is 0. The Hall–Kier alpha value is -1.27. The molecular weight excluding hydrogens is 379 g/mol. The molecule has 0 saturated carbocycles. The van der Waals surface area contributed by atoms with Crippen LogP contribution in [0.4, 0.5) is 5.69 Å². The minimum atomic E-state index is -3.50. The molecule has 1 heterocycles. The fourth-order valence-electron chi connectivity index (χ4n) is 3.02. The molecule has 2 aromatic carbocycles. The number of piperazine rings is 1. The molecule has 0 amide bonds. The Morgan fingerprint density at radius 1 is 0.880 bits per heavy atom. The van der Waals surface area contributed by atoms with Crippen LogP contribution in [0.5, 0.6) is 0 Å². The van der Waals surface area contributed by atoms with Crippen molar-refractivity contribution in [3.8, 4) is 0 Å². The number of hydrogen-bond donors (Lipinski definition) is 0. The Morgan fingerprint density at radius 3 is 2.20 bits per heavy atom. The molecule has 0 aromatic heterocycles. The van der Waals surface area contributed by atoms with E-state index in [2.05, 4.69) is 4.90 Å². The van der Waals surface area contributed by atoms with Gasteiger partial charge in [-0.3, -0.25) is 0 Å². The van der Waals surface area contributed by atoms with Crippen molar-refractivity contribution in [2.45, 2.75) is 18.7 Å².